The number of nitrogens with zero attached hydrogens (tertiary/aromatic N) is 3. The van der Waals surface area contributed by atoms with Gasteiger partial charge in [0.05, 0.1) is 23.6 Å². The number of amides is 1. The number of anilines is 1. The van der Waals surface area contributed by atoms with Crippen LogP contribution in [0.1, 0.15) is 19.3 Å². The van der Waals surface area contributed by atoms with Crippen molar-refractivity contribution in [3.05, 3.63) is 29.7 Å². The Balaban J connectivity index is 2.12. The molecule has 0 unspecified atom stereocenters. The van der Waals surface area contributed by atoms with Crippen LogP contribution in [0.25, 0.3) is 10.6 Å². The van der Waals surface area contributed by atoms with Crippen molar-refractivity contribution in [2.75, 3.05) is 23.0 Å². The Kier molecular flexibility index (Phi) is 8.27. The standard InChI is InChI=1S/C18H18ClF3N3O4S2/c1-2-8-25(14(26)6-11-31(28,29)10-4-7-18(20,21)22)17-15(19)23-16(30-17)13-5-3-9-24(27)12-13/h1,3,5,9,12,27H,4,6-8,10-11H2/q+1. The zero-order chi connectivity index (χ0) is 23.2. The van der Waals surface area contributed by atoms with Crippen LogP contribution in [0.15, 0.2) is 24.5 Å². The summed E-state index contributed by atoms with van der Waals surface area (Å²) < 4.78 is 61.4. The fraction of sp³-hybridized carbons (Fsp3) is 0.389. The summed E-state index contributed by atoms with van der Waals surface area (Å²) >= 11 is 7.17. The molecule has 0 aliphatic heterocycles. The second-order valence-electron chi connectivity index (χ2n) is 6.39. The summed E-state index contributed by atoms with van der Waals surface area (Å²) in [6, 6.07) is 3.23. The Bertz CT molecular complexity index is 1080. The van der Waals surface area contributed by atoms with Gasteiger partial charge in [-0.2, -0.15) is 13.2 Å². The molecule has 2 aromatic rings. The van der Waals surface area contributed by atoms with Crippen molar-refractivity contribution >= 4 is 43.7 Å². The molecule has 0 fully saturated rings. The van der Waals surface area contributed by atoms with Gasteiger partial charge in [0, 0.05) is 23.6 Å². The van der Waals surface area contributed by atoms with E-state index in [1.165, 1.54) is 12.4 Å². The zero-order valence-electron chi connectivity index (χ0n) is 16.0. The molecule has 0 spiro atoms. The summed E-state index contributed by atoms with van der Waals surface area (Å²) in [6.07, 6.45) is 1.39. The number of terminal acetylenes is 1. The van der Waals surface area contributed by atoms with Crippen LogP contribution < -0.4 is 9.63 Å². The summed E-state index contributed by atoms with van der Waals surface area (Å²) in [4.78, 5) is 17.9. The molecule has 0 saturated heterocycles. The van der Waals surface area contributed by atoms with E-state index in [0.29, 0.717) is 10.6 Å². The Labute approximate surface area is 186 Å². The second-order valence-corrected chi connectivity index (χ2v) is 10.0. The first-order valence-corrected chi connectivity index (χ1v) is 11.8. The van der Waals surface area contributed by atoms with Crippen LogP contribution in [-0.2, 0) is 14.6 Å². The molecule has 0 atom stereocenters. The van der Waals surface area contributed by atoms with Crippen LogP contribution in [0, 0.1) is 12.3 Å². The predicted octanol–water partition coefficient (Wildman–Crippen LogP) is 3.10. The van der Waals surface area contributed by atoms with Crippen LogP contribution >= 0.6 is 22.9 Å². The Morgan fingerprint density at radius 2 is 2.10 bits per heavy atom. The van der Waals surface area contributed by atoms with E-state index < -0.39 is 52.7 Å². The van der Waals surface area contributed by atoms with E-state index in [2.05, 4.69) is 10.9 Å². The smallest absolute Gasteiger partial charge is 0.289 e. The number of alkyl halides is 3. The molecule has 31 heavy (non-hydrogen) atoms. The first-order chi connectivity index (χ1) is 14.4. The quantitative estimate of drug-likeness (QED) is 0.327. The number of rotatable bonds is 9. The summed E-state index contributed by atoms with van der Waals surface area (Å²) in [7, 11) is -3.86. The van der Waals surface area contributed by atoms with Crippen molar-refractivity contribution in [3.8, 4) is 22.9 Å². The maximum atomic E-state index is 12.6. The van der Waals surface area contributed by atoms with Gasteiger partial charge in [0.15, 0.2) is 15.0 Å². The molecule has 0 aromatic carbocycles. The maximum Gasteiger partial charge on any atom is 0.389 e. The van der Waals surface area contributed by atoms with E-state index >= 15 is 0 Å². The molecule has 0 aliphatic carbocycles. The number of pyridine rings is 1. The first kappa shape index (κ1) is 24.9. The van der Waals surface area contributed by atoms with Crippen molar-refractivity contribution in [2.24, 2.45) is 0 Å². The van der Waals surface area contributed by atoms with Gasteiger partial charge < -0.3 is 0 Å². The summed E-state index contributed by atoms with van der Waals surface area (Å²) in [5.41, 5.74) is 0.517. The number of thiazole rings is 1. The number of hydrogen-bond acceptors (Lipinski definition) is 6. The monoisotopic (exact) mass is 496 g/mol. The average Bonchev–Trinajstić information content (AvgIpc) is 3.04. The number of hydrogen-bond donors (Lipinski definition) is 1. The first-order valence-electron chi connectivity index (χ1n) is 8.80. The summed E-state index contributed by atoms with van der Waals surface area (Å²) in [5.74, 6) is 0.349. The van der Waals surface area contributed by atoms with E-state index in [1.54, 1.807) is 12.1 Å². The predicted molar refractivity (Wildman–Crippen MR) is 110 cm³/mol. The van der Waals surface area contributed by atoms with Crippen LogP contribution in [0.2, 0.25) is 5.15 Å². The van der Waals surface area contributed by atoms with Crippen LogP contribution in [0.4, 0.5) is 18.2 Å². The number of halogens is 4. The topological polar surface area (TPSA) is 91.5 Å². The molecular formula is C18H18ClF3N3O4S2+. The molecule has 0 radical (unpaired) electrons. The molecular weight excluding hydrogens is 479 g/mol. The molecule has 0 aliphatic rings. The third-order valence-electron chi connectivity index (χ3n) is 3.94. The maximum absolute atomic E-state index is 12.6. The van der Waals surface area contributed by atoms with Gasteiger partial charge >= 0.3 is 6.18 Å². The Morgan fingerprint density at radius 1 is 1.39 bits per heavy atom. The molecule has 168 valence electrons. The molecule has 2 heterocycles. The van der Waals surface area contributed by atoms with E-state index in [9.17, 15) is 31.6 Å². The van der Waals surface area contributed by atoms with Crippen molar-refractivity contribution < 1.29 is 36.3 Å². The highest BCUT2D eigenvalue weighted by atomic mass is 35.5. The molecule has 0 bridgehead atoms. The minimum atomic E-state index is -4.44. The molecule has 2 rings (SSSR count). The van der Waals surface area contributed by atoms with Crippen LogP contribution in [-0.4, -0.2) is 48.7 Å². The molecule has 13 heteroatoms. The highest BCUT2D eigenvalue weighted by Crippen LogP contribution is 2.37. The third-order valence-corrected chi connectivity index (χ3v) is 7.18. The second kappa shape index (κ2) is 10.3. The Hall–Kier alpha value is -2.36. The molecule has 1 N–H and O–H groups in total. The zero-order valence-corrected chi connectivity index (χ0v) is 18.4. The lowest BCUT2D eigenvalue weighted by molar-refractivity contribution is -0.904. The van der Waals surface area contributed by atoms with Gasteiger partial charge in [-0.25, -0.2) is 13.4 Å². The number of carbonyl (C=O) groups excluding carboxylic acids is 1. The molecule has 1 amide bonds. The lowest BCUT2D eigenvalue weighted by Gasteiger charge is -2.18. The molecule has 0 saturated carbocycles. The van der Waals surface area contributed by atoms with Crippen molar-refractivity contribution in [1.82, 2.24) is 4.98 Å². The molecule has 2 aromatic heterocycles. The van der Waals surface area contributed by atoms with Gasteiger partial charge in [0.25, 0.3) is 0 Å². The number of aromatic nitrogens is 2. The lowest BCUT2D eigenvalue weighted by Crippen LogP contribution is -2.32. The van der Waals surface area contributed by atoms with Crippen molar-refractivity contribution in [3.63, 3.8) is 0 Å². The van der Waals surface area contributed by atoms with Crippen LogP contribution in [0.3, 0.4) is 0 Å². The Morgan fingerprint density at radius 3 is 2.71 bits per heavy atom. The highest BCUT2D eigenvalue weighted by molar-refractivity contribution is 7.91. The largest absolute Gasteiger partial charge is 0.389 e. The number of carbonyl (C=O) groups is 1. The minimum Gasteiger partial charge on any atom is -0.289 e. The van der Waals surface area contributed by atoms with Gasteiger partial charge in [0.1, 0.15) is 10.0 Å². The highest BCUT2D eigenvalue weighted by Gasteiger charge is 2.28. The van der Waals surface area contributed by atoms with Gasteiger partial charge in [-0.15, -0.1) is 6.42 Å². The van der Waals surface area contributed by atoms with Gasteiger partial charge in [-0.05, 0) is 12.5 Å². The SMILES string of the molecule is C#CCN(C(=O)CCS(=O)(=O)CCCC(F)(F)F)c1sc(-c2ccc[n+](O)c2)nc1Cl. The van der Waals surface area contributed by atoms with Gasteiger partial charge in [-0.3, -0.25) is 14.9 Å². The van der Waals surface area contributed by atoms with Crippen molar-refractivity contribution in [1.29, 1.82) is 0 Å². The lowest BCUT2D eigenvalue weighted by atomic mass is 10.3. The van der Waals surface area contributed by atoms with Crippen molar-refractivity contribution in [2.45, 2.75) is 25.4 Å². The molecule has 7 nitrogen and oxygen atoms in total. The number of sulfone groups is 1. The van der Waals surface area contributed by atoms with E-state index in [-0.39, 0.29) is 16.7 Å². The van der Waals surface area contributed by atoms with E-state index in [4.69, 9.17) is 18.0 Å². The van der Waals surface area contributed by atoms with E-state index in [0.717, 1.165) is 21.0 Å². The fourth-order valence-electron chi connectivity index (χ4n) is 2.51. The van der Waals surface area contributed by atoms with Crippen LogP contribution in [0.5, 0.6) is 0 Å². The van der Waals surface area contributed by atoms with Gasteiger partial charge in [-0.1, -0.05) is 28.9 Å². The summed E-state index contributed by atoms with van der Waals surface area (Å²) in [6.45, 7) is -0.205. The van der Waals surface area contributed by atoms with E-state index in [1.807, 2.05) is 0 Å². The third kappa shape index (κ3) is 7.68. The van der Waals surface area contributed by atoms with Gasteiger partial charge in [0.2, 0.25) is 18.3 Å². The normalized spacial score (nSPS) is 11.8. The average molecular weight is 497 g/mol. The fourth-order valence-corrected chi connectivity index (χ4v) is 5.10. The summed E-state index contributed by atoms with van der Waals surface area (Å²) in [5, 5.41) is 10.1. The minimum absolute atomic E-state index is 0.0371.